The van der Waals surface area contributed by atoms with Crippen molar-refractivity contribution in [2.45, 2.75) is 0 Å². The maximum absolute atomic E-state index is 9.75. The lowest BCUT2D eigenvalue weighted by atomic mass is 9.97. The van der Waals surface area contributed by atoms with Gasteiger partial charge in [-0.3, -0.25) is 0 Å². The van der Waals surface area contributed by atoms with E-state index in [2.05, 4.69) is 0 Å². The summed E-state index contributed by atoms with van der Waals surface area (Å²) in [6, 6.07) is 23.7. The smallest absolute Gasteiger partial charge is 0.143 e. The van der Waals surface area contributed by atoms with Gasteiger partial charge in [0, 0.05) is 33.1 Å². The Kier molecular flexibility index (Phi) is 4.98. The van der Waals surface area contributed by atoms with Crippen molar-refractivity contribution in [3.63, 3.8) is 0 Å². The quantitative estimate of drug-likeness (QED) is 0.161. The van der Waals surface area contributed by atoms with Gasteiger partial charge in [0.25, 0.3) is 0 Å². The second-order valence-corrected chi connectivity index (χ2v) is 13.6. The van der Waals surface area contributed by atoms with E-state index in [1.807, 2.05) is 66.7 Å². The number of para-hydroxylation sites is 1. The second-order valence-electron chi connectivity index (χ2n) is 13.6. The fourth-order valence-electron chi connectivity index (χ4n) is 7.41. The molecule has 0 aliphatic rings. The first kappa shape index (κ1) is 20.5. The topological polar surface area (TPSA) is 16.4 Å². The molecule has 1 aromatic heterocycles. The molecular formula is C56H37NO. The van der Waals surface area contributed by atoms with Gasteiger partial charge in [-0.15, -0.1) is 0 Å². The molecule has 0 fully saturated rings. The first-order valence-electron chi connectivity index (χ1n) is 27.0. The van der Waals surface area contributed by atoms with E-state index in [1.165, 1.54) is 0 Å². The van der Waals surface area contributed by atoms with Crippen LogP contribution in [0, 0.1) is 0 Å². The highest BCUT2D eigenvalue weighted by Gasteiger charge is 2.19. The summed E-state index contributed by atoms with van der Waals surface area (Å²) in [6.07, 6.45) is 0. The summed E-state index contributed by atoms with van der Waals surface area (Å²) in [6.45, 7) is 0. The molecule has 0 saturated carbocycles. The number of hydrogen-bond donors (Lipinski definition) is 0. The first-order valence-corrected chi connectivity index (χ1v) is 18.5. The number of benzene rings is 10. The van der Waals surface area contributed by atoms with Crippen LogP contribution < -0.4 is 4.90 Å². The molecule has 1 heterocycles. The average molecular weight is 757 g/mol. The predicted octanol–water partition coefficient (Wildman–Crippen LogP) is 16.0. The summed E-state index contributed by atoms with van der Waals surface area (Å²) in [5.74, 6) is 0. The molecular weight excluding hydrogens is 703 g/mol. The van der Waals surface area contributed by atoms with Crippen molar-refractivity contribution in [1.82, 2.24) is 0 Å². The molecule has 11 rings (SSSR count). The predicted molar refractivity (Wildman–Crippen MR) is 245 cm³/mol. The molecule has 272 valence electrons. The summed E-state index contributed by atoms with van der Waals surface area (Å²) >= 11 is 0. The minimum atomic E-state index is -0.882. The van der Waals surface area contributed by atoms with E-state index in [0.29, 0.717) is 33.2 Å². The lowest BCUT2D eigenvalue weighted by Crippen LogP contribution is -2.11. The molecule has 0 spiro atoms. The number of hydrogen-bond acceptors (Lipinski definition) is 2. The van der Waals surface area contributed by atoms with E-state index in [-0.39, 0.29) is 11.3 Å². The molecule has 0 saturated heterocycles. The SMILES string of the molecule is [2H]c1c([2H])c([2H])c(-c2c([2H])c([2H])c(-c3c([2H])c([2H])c(N(c4ccccc4-c4ccc5oc6c7ccccc7ccc6c5c4)c4c([2H])c([2H])c(-c5cccc6ccccc56)c([2H])c4[2H])c([2H])c3[2H])c([2H])c2[2H])c([2H])c1[2H]. The molecule has 11 aromatic rings. The summed E-state index contributed by atoms with van der Waals surface area (Å²) in [5, 5.41) is 4.89. The highest BCUT2D eigenvalue weighted by Crippen LogP contribution is 2.44. The van der Waals surface area contributed by atoms with Crippen LogP contribution in [0.3, 0.4) is 0 Å². The van der Waals surface area contributed by atoms with Crippen molar-refractivity contribution >= 4 is 60.5 Å². The van der Waals surface area contributed by atoms with Gasteiger partial charge in [-0.05, 0) is 104 Å². The van der Waals surface area contributed by atoms with Gasteiger partial charge in [0.15, 0.2) is 0 Å². The van der Waals surface area contributed by atoms with Gasteiger partial charge in [0.1, 0.15) is 11.2 Å². The Bertz CT molecular complexity index is 4180. The van der Waals surface area contributed by atoms with Crippen LogP contribution in [0.15, 0.2) is 228 Å². The molecule has 0 atom stereocenters. The first-order chi connectivity index (χ1) is 35.8. The van der Waals surface area contributed by atoms with Gasteiger partial charge < -0.3 is 9.32 Å². The van der Waals surface area contributed by atoms with Gasteiger partial charge in [0.2, 0.25) is 0 Å². The largest absolute Gasteiger partial charge is 0.455 e. The average Bonchev–Trinajstić information content (AvgIpc) is 3.85. The number of fused-ring (bicyclic) bond motifs is 6. The Labute approximate surface area is 361 Å². The third-order valence-electron chi connectivity index (χ3n) is 10.2. The van der Waals surface area contributed by atoms with Crippen molar-refractivity contribution in [3.05, 3.63) is 224 Å². The Hall–Kier alpha value is -7.68. The van der Waals surface area contributed by atoms with Crippen LogP contribution in [0.1, 0.15) is 23.3 Å². The van der Waals surface area contributed by atoms with E-state index in [9.17, 15) is 11.0 Å². The summed E-state index contributed by atoms with van der Waals surface area (Å²) in [4.78, 5) is 1.16. The van der Waals surface area contributed by atoms with Crippen LogP contribution in [0.2, 0.25) is 0 Å². The Morgan fingerprint density at radius 1 is 0.362 bits per heavy atom. The zero-order valence-electron chi connectivity index (χ0n) is 47.4. The summed E-state index contributed by atoms with van der Waals surface area (Å²) in [7, 11) is 0. The van der Waals surface area contributed by atoms with Crippen molar-refractivity contribution < 1.29 is 27.7 Å². The molecule has 0 unspecified atom stereocenters. The van der Waals surface area contributed by atoms with Gasteiger partial charge >= 0.3 is 0 Å². The van der Waals surface area contributed by atoms with Crippen LogP contribution in [0.5, 0.6) is 0 Å². The number of furan rings is 1. The zero-order chi connectivity index (χ0) is 53.2. The van der Waals surface area contributed by atoms with Gasteiger partial charge in [-0.1, -0.05) is 176 Å². The van der Waals surface area contributed by atoms with Crippen LogP contribution in [-0.2, 0) is 0 Å². The fraction of sp³-hybridized carbons (Fsp3) is 0. The van der Waals surface area contributed by atoms with Crippen LogP contribution >= 0.6 is 0 Å². The zero-order valence-corrected chi connectivity index (χ0v) is 30.4. The van der Waals surface area contributed by atoms with Gasteiger partial charge in [0.05, 0.1) is 29.0 Å². The Morgan fingerprint density at radius 3 is 1.64 bits per heavy atom. The van der Waals surface area contributed by atoms with Crippen molar-refractivity contribution in [2.75, 3.05) is 4.90 Å². The van der Waals surface area contributed by atoms with E-state index in [0.717, 1.165) is 31.8 Å². The number of anilines is 3. The molecule has 0 N–H and O–H groups in total. The third-order valence-corrected chi connectivity index (χ3v) is 10.2. The van der Waals surface area contributed by atoms with Crippen LogP contribution in [0.25, 0.3) is 88.0 Å². The minimum absolute atomic E-state index is 0.0195. The Morgan fingerprint density at radius 2 is 0.914 bits per heavy atom. The maximum Gasteiger partial charge on any atom is 0.143 e. The molecule has 0 aliphatic heterocycles. The van der Waals surface area contributed by atoms with Crippen molar-refractivity contribution in [3.8, 4) is 44.5 Å². The van der Waals surface area contributed by atoms with Gasteiger partial charge in [-0.25, -0.2) is 0 Å². The highest BCUT2D eigenvalue weighted by atomic mass is 16.3. The molecule has 2 nitrogen and oxygen atoms in total. The maximum atomic E-state index is 9.75. The number of rotatable bonds is 7. The molecule has 0 aliphatic carbocycles. The van der Waals surface area contributed by atoms with E-state index in [4.69, 9.17) is 16.8 Å². The summed E-state index contributed by atoms with van der Waals surface area (Å²) < 4.78 is 162. The van der Waals surface area contributed by atoms with Crippen molar-refractivity contribution in [1.29, 1.82) is 0 Å². The normalized spacial score (nSPS) is 15.6. The van der Waals surface area contributed by atoms with Crippen LogP contribution in [0.4, 0.5) is 17.1 Å². The molecule has 0 bridgehead atoms. The second kappa shape index (κ2) is 14.1. The molecule has 2 heteroatoms. The van der Waals surface area contributed by atoms with Gasteiger partial charge in [-0.2, -0.15) is 0 Å². The summed E-state index contributed by atoms with van der Waals surface area (Å²) in [5.41, 5.74) is -0.796. The molecule has 0 amide bonds. The van der Waals surface area contributed by atoms with Crippen molar-refractivity contribution in [2.24, 2.45) is 0 Å². The van der Waals surface area contributed by atoms with E-state index >= 15 is 0 Å². The fourth-order valence-corrected chi connectivity index (χ4v) is 7.41. The minimum Gasteiger partial charge on any atom is -0.455 e. The molecule has 0 radical (unpaired) electrons. The lowest BCUT2D eigenvalue weighted by Gasteiger charge is -2.28. The number of nitrogens with zero attached hydrogens (tertiary/aromatic N) is 1. The Balaban J connectivity index is 1.18. The standard InChI is InChI=1S/C56H37NO/c1-2-11-38(12-3-1)39-21-23-40(24-22-39)41-25-31-46(32-26-41)57(47-33-27-44(28-34-47)49-19-10-15-42-13-4-6-16-48(42)49)54-20-9-8-17-50(54)45-30-36-55-53(37-45)52-35-29-43-14-5-7-18-51(43)56(52)58-55/h1-37H/i1D,2D,3D,11D,12D,21D,22D,23D,24D,25D,26D,27D,28D,31D,32D,33D,34D. The lowest BCUT2D eigenvalue weighted by molar-refractivity contribution is 0.672. The molecule has 58 heavy (non-hydrogen) atoms. The molecule has 10 aromatic carbocycles. The van der Waals surface area contributed by atoms with E-state index < -0.39 is 136 Å². The third kappa shape index (κ3) is 5.91. The highest BCUT2D eigenvalue weighted by molar-refractivity contribution is 6.15. The van der Waals surface area contributed by atoms with Crippen LogP contribution in [-0.4, -0.2) is 0 Å². The van der Waals surface area contributed by atoms with E-state index in [1.54, 1.807) is 54.6 Å². The monoisotopic (exact) mass is 756 g/mol.